The van der Waals surface area contributed by atoms with E-state index in [1.165, 1.54) is 6.42 Å². The minimum atomic E-state index is -0.525. The van der Waals surface area contributed by atoms with Gasteiger partial charge < -0.3 is 14.8 Å². The van der Waals surface area contributed by atoms with Gasteiger partial charge >= 0.3 is 0 Å². The standard InChI is InChI=1S/C20H20N4O3S2/c25-17(12-24-18(22-23-19(24)28)16-5-4-10-29-16)21-13-6-7-14-15(11-13)27-20(26-14)8-2-1-3-9-20/h4-7,10-11H,1-3,8-9,12H2,(H,21,25)(H,23,28). The van der Waals surface area contributed by atoms with Crippen LogP contribution in [-0.2, 0) is 11.3 Å². The van der Waals surface area contributed by atoms with E-state index in [1.54, 1.807) is 15.9 Å². The molecule has 7 nitrogen and oxygen atoms in total. The first-order chi connectivity index (χ1) is 14.1. The molecule has 5 rings (SSSR count). The normalized spacial score (nSPS) is 16.8. The number of hydrogen-bond donors (Lipinski definition) is 2. The first kappa shape index (κ1) is 18.4. The summed E-state index contributed by atoms with van der Waals surface area (Å²) in [7, 11) is 0. The Balaban J connectivity index is 1.30. The Bertz CT molecular complexity index is 1100. The van der Waals surface area contributed by atoms with Gasteiger partial charge in [-0.05, 0) is 48.6 Å². The average molecular weight is 429 g/mol. The number of amides is 1. The molecule has 1 spiro atoms. The number of aromatic nitrogens is 3. The number of ether oxygens (including phenoxy) is 2. The third-order valence-corrected chi connectivity index (χ3v) is 6.41. The second-order valence-electron chi connectivity index (χ2n) is 7.30. The predicted octanol–water partition coefficient (Wildman–Crippen LogP) is 4.74. The molecule has 3 heterocycles. The lowest BCUT2D eigenvalue weighted by Gasteiger charge is -2.31. The molecule has 1 aromatic carbocycles. The molecule has 1 aliphatic heterocycles. The van der Waals surface area contributed by atoms with Gasteiger partial charge in [0, 0.05) is 24.6 Å². The van der Waals surface area contributed by atoms with Crippen LogP contribution in [0.15, 0.2) is 35.7 Å². The van der Waals surface area contributed by atoms with Crippen molar-refractivity contribution in [3.8, 4) is 22.2 Å². The van der Waals surface area contributed by atoms with Gasteiger partial charge in [0.1, 0.15) is 6.54 Å². The zero-order chi connectivity index (χ0) is 19.8. The molecule has 2 N–H and O–H groups in total. The minimum absolute atomic E-state index is 0.0704. The molecule has 1 fully saturated rings. The van der Waals surface area contributed by atoms with Crippen molar-refractivity contribution in [1.29, 1.82) is 0 Å². The summed E-state index contributed by atoms with van der Waals surface area (Å²) in [6.45, 7) is 0.0704. The van der Waals surface area contributed by atoms with Crippen LogP contribution in [0.5, 0.6) is 11.5 Å². The Hall–Kier alpha value is -2.65. The van der Waals surface area contributed by atoms with Crippen molar-refractivity contribution in [2.75, 3.05) is 5.32 Å². The number of aromatic amines is 1. The maximum atomic E-state index is 12.7. The van der Waals surface area contributed by atoms with Gasteiger partial charge in [0.2, 0.25) is 5.91 Å². The van der Waals surface area contributed by atoms with E-state index >= 15 is 0 Å². The molecule has 1 saturated carbocycles. The first-order valence-electron chi connectivity index (χ1n) is 9.63. The van der Waals surface area contributed by atoms with Crippen LogP contribution in [0.1, 0.15) is 32.1 Å². The highest BCUT2D eigenvalue weighted by Crippen LogP contribution is 2.46. The van der Waals surface area contributed by atoms with Crippen LogP contribution in [0.25, 0.3) is 10.7 Å². The highest BCUT2D eigenvalue weighted by atomic mass is 32.1. The molecule has 0 bridgehead atoms. The van der Waals surface area contributed by atoms with Crippen molar-refractivity contribution < 1.29 is 14.3 Å². The smallest absolute Gasteiger partial charge is 0.251 e. The lowest BCUT2D eigenvalue weighted by atomic mass is 9.94. The molecule has 2 aliphatic rings. The van der Waals surface area contributed by atoms with Crippen molar-refractivity contribution in [1.82, 2.24) is 14.8 Å². The largest absolute Gasteiger partial charge is 0.448 e. The van der Waals surface area contributed by atoms with Gasteiger partial charge in [0.05, 0.1) is 4.88 Å². The molecule has 0 unspecified atom stereocenters. The van der Waals surface area contributed by atoms with E-state index < -0.39 is 5.79 Å². The lowest BCUT2D eigenvalue weighted by Crippen LogP contribution is -2.40. The van der Waals surface area contributed by atoms with Crippen LogP contribution in [-0.4, -0.2) is 26.5 Å². The van der Waals surface area contributed by atoms with Crippen LogP contribution in [0, 0.1) is 4.77 Å². The Morgan fingerprint density at radius 3 is 2.86 bits per heavy atom. The highest BCUT2D eigenvalue weighted by Gasteiger charge is 2.42. The van der Waals surface area contributed by atoms with E-state index in [1.807, 2.05) is 35.7 Å². The molecule has 0 saturated heterocycles. The summed E-state index contributed by atoms with van der Waals surface area (Å²) in [5.74, 6) is 1.37. The quantitative estimate of drug-likeness (QED) is 0.587. The number of anilines is 1. The maximum Gasteiger partial charge on any atom is 0.251 e. The van der Waals surface area contributed by atoms with Gasteiger partial charge in [-0.2, -0.15) is 5.10 Å². The topological polar surface area (TPSA) is 81.2 Å². The Labute approximate surface area is 176 Å². The number of carbonyl (C=O) groups is 1. The van der Waals surface area contributed by atoms with Crippen LogP contribution in [0.3, 0.4) is 0 Å². The van der Waals surface area contributed by atoms with Crippen LogP contribution in [0.4, 0.5) is 5.69 Å². The number of hydrogen-bond acceptors (Lipinski definition) is 6. The zero-order valence-electron chi connectivity index (χ0n) is 15.6. The summed E-state index contributed by atoms with van der Waals surface area (Å²) in [6, 6.07) is 9.40. The fraction of sp³-hybridized carbons (Fsp3) is 0.350. The molecule has 0 atom stereocenters. The lowest BCUT2D eigenvalue weighted by molar-refractivity contribution is -0.116. The van der Waals surface area contributed by atoms with E-state index in [0.29, 0.717) is 22.0 Å². The molecule has 2 aromatic heterocycles. The van der Waals surface area contributed by atoms with Crippen LogP contribution in [0.2, 0.25) is 0 Å². The number of H-pyrrole nitrogens is 1. The van der Waals surface area contributed by atoms with Gasteiger partial charge in [-0.25, -0.2) is 0 Å². The Kier molecular flexibility index (Phi) is 4.63. The third kappa shape index (κ3) is 3.56. The maximum absolute atomic E-state index is 12.7. The molecule has 150 valence electrons. The number of nitrogens with one attached hydrogen (secondary N) is 2. The number of thiophene rings is 1. The number of fused-ring (bicyclic) bond motifs is 1. The summed E-state index contributed by atoms with van der Waals surface area (Å²) in [4.78, 5) is 13.6. The van der Waals surface area contributed by atoms with Crippen molar-refractivity contribution >= 4 is 35.1 Å². The average Bonchev–Trinajstić information content (AvgIpc) is 3.42. The van der Waals surface area contributed by atoms with Crippen molar-refractivity contribution in [3.05, 3.63) is 40.5 Å². The minimum Gasteiger partial charge on any atom is -0.448 e. The summed E-state index contributed by atoms with van der Waals surface area (Å²) in [5.41, 5.74) is 0.665. The van der Waals surface area contributed by atoms with Crippen molar-refractivity contribution in [3.63, 3.8) is 0 Å². The Morgan fingerprint density at radius 2 is 2.07 bits per heavy atom. The molecule has 1 amide bonds. The molecule has 29 heavy (non-hydrogen) atoms. The van der Waals surface area contributed by atoms with Gasteiger partial charge in [-0.15, -0.1) is 11.3 Å². The van der Waals surface area contributed by atoms with Crippen LogP contribution < -0.4 is 14.8 Å². The van der Waals surface area contributed by atoms with Gasteiger partial charge in [0.15, 0.2) is 22.1 Å². The monoisotopic (exact) mass is 428 g/mol. The van der Waals surface area contributed by atoms with Gasteiger partial charge in [-0.3, -0.25) is 14.5 Å². The summed E-state index contributed by atoms with van der Waals surface area (Å²) >= 11 is 6.84. The summed E-state index contributed by atoms with van der Waals surface area (Å²) < 4.78 is 14.3. The summed E-state index contributed by atoms with van der Waals surface area (Å²) in [6.07, 6.45) is 5.22. The first-order valence-corrected chi connectivity index (χ1v) is 10.9. The van der Waals surface area contributed by atoms with Gasteiger partial charge in [-0.1, -0.05) is 12.5 Å². The van der Waals surface area contributed by atoms with Crippen LogP contribution >= 0.6 is 23.6 Å². The number of carbonyl (C=O) groups excluding carboxylic acids is 1. The van der Waals surface area contributed by atoms with Crippen molar-refractivity contribution in [2.45, 2.75) is 44.4 Å². The SMILES string of the molecule is O=C(Cn1c(-c2cccs2)n[nH]c1=S)Nc1ccc2c(c1)OC1(CCCCC1)O2. The number of rotatable bonds is 4. The fourth-order valence-electron chi connectivity index (χ4n) is 3.87. The second-order valence-corrected chi connectivity index (χ2v) is 8.64. The molecule has 9 heteroatoms. The van der Waals surface area contributed by atoms with E-state index in [2.05, 4.69) is 15.5 Å². The predicted molar refractivity (Wildman–Crippen MR) is 113 cm³/mol. The zero-order valence-corrected chi connectivity index (χ0v) is 17.3. The molecular formula is C20H20N4O3S2. The van der Waals surface area contributed by atoms with Gasteiger partial charge in [0.25, 0.3) is 5.79 Å². The Morgan fingerprint density at radius 1 is 1.24 bits per heavy atom. The van der Waals surface area contributed by atoms with E-state index in [4.69, 9.17) is 21.7 Å². The molecular weight excluding hydrogens is 408 g/mol. The number of nitrogens with zero attached hydrogens (tertiary/aromatic N) is 2. The summed E-state index contributed by atoms with van der Waals surface area (Å²) in [5, 5.41) is 11.9. The van der Waals surface area contributed by atoms with Crippen molar-refractivity contribution in [2.24, 2.45) is 0 Å². The second kappa shape index (κ2) is 7.31. The number of benzene rings is 1. The van der Waals surface area contributed by atoms with E-state index in [0.717, 1.165) is 36.3 Å². The van der Waals surface area contributed by atoms with E-state index in [9.17, 15) is 4.79 Å². The fourth-order valence-corrected chi connectivity index (χ4v) is 4.79. The third-order valence-electron chi connectivity index (χ3n) is 5.24. The van der Waals surface area contributed by atoms with E-state index in [-0.39, 0.29) is 12.5 Å². The molecule has 1 aliphatic carbocycles. The molecule has 3 aromatic rings. The molecule has 0 radical (unpaired) electrons. The highest BCUT2D eigenvalue weighted by molar-refractivity contribution is 7.71.